The first-order valence-corrected chi connectivity index (χ1v) is 14.3. The minimum absolute atomic E-state index is 0.172. The summed E-state index contributed by atoms with van der Waals surface area (Å²) in [4.78, 5) is 12.8. The summed E-state index contributed by atoms with van der Waals surface area (Å²) in [6, 6.07) is 8.94. The van der Waals surface area contributed by atoms with Gasteiger partial charge in [-0.2, -0.15) is 0 Å². The topological polar surface area (TPSA) is 120 Å². The van der Waals surface area contributed by atoms with Gasteiger partial charge in [-0.15, -0.1) is 0 Å². The fraction of sp³-hybridized carbons (Fsp3) is 0.207. The maximum absolute atomic E-state index is 15.0. The summed E-state index contributed by atoms with van der Waals surface area (Å²) >= 11 is 0. The lowest BCUT2D eigenvalue weighted by Gasteiger charge is -2.15. The molecule has 0 spiro atoms. The molecule has 0 aliphatic heterocycles. The highest BCUT2D eigenvalue weighted by molar-refractivity contribution is 7.90. The number of aryl methyl sites for hydroxylation is 3. The number of nitrogens with zero attached hydrogens (tertiary/aromatic N) is 4. The third-order valence-corrected chi connectivity index (χ3v) is 7.72. The van der Waals surface area contributed by atoms with Crippen molar-refractivity contribution in [1.82, 2.24) is 19.5 Å². The van der Waals surface area contributed by atoms with Crippen LogP contribution in [0, 0.1) is 32.4 Å². The third-order valence-electron chi connectivity index (χ3n) is 6.56. The number of aromatic nitrogens is 4. The van der Waals surface area contributed by atoms with Crippen LogP contribution in [0.3, 0.4) is 0 Å². The number of ether oxygens (including phenoxy) is 1. The molecule has 5 aromatic rings. The summed E-state index contributed by atoms with van der Waals surface area (Å²) in [6.07, 6.45) is 4.20. The lowest BCUT2D eigenvalue weighted by atomic mass is 9.97. The lowest BCUT2D eigenvalue weighted by Crippen LogP contribution is -2.06. The summed E-state index contributed by atoms with van der Waals surface area (Å²) in [5.41, 5.74) is 3.05. The van der Waals surface area contributed by atoms with Crippen molar-refractivity contribution in [3.05, 3.63) is 83.4 Å². The molecule has 5 rings (SSSR count). The van der Waals surface area contributed by atoms with Crippen molar-refractivity contribution in [2.75, 3.05) is 13.4 Å². The van der Waals surface area contributed by atoms with E-state index in [0.29, 0.717) is 39.8 Å². The summed E-state index contributed by atoms with van der Waals surface area (Å²) in [5, 5.41) is 9.63. The smallest absolute Gasteiger partial charge is 0.250 e. The summed E-state index contributed by atoms with van der Waals surface area (Å²) in [5.74, 6) is -0.480. The van der Waals surface area contributed by atoms with Gasteiger partial charge in [0.2, 0.25) is 5.88 Å². The highest BCUT2D eigenvalue weighted by Crippen LogP contribution is 2.39. The van der Waals surface area contributed by atoms with Gasteiger partial charge in [0.15, 0.2) is 27.3 Å². The van der Waals surface area contributed by atoms with E-state index in [1.54, 1.807) is 25.1 Å². The van der Waals surface area contributed by atoms with E-state index in [-0.39, 0.29) is 27.7 Å². The minimum atomic E-state index is -3.86. The van der Waals surface area contributed by atoms with Crippen molar-refractivity contribution < 1.29 is 31.5 Å². The molecule has 12 heteroatoms. The molecule has 2 aromatic carbocycles. The Kier molecular flexibility index (Phi) is 7.22. The molecular weight excluding hydrogens is 554 g/mol. The predicted molar refractivity (Wildman–Crippen MR) is 147 cm³/mol. The van der Waals surface area contributed by atoms with Crippen LogP contribution in [0.5, 0.6) is 5.88 Å². The molecule has 1 N–H and O–H groups in total. The molecule has 0 radical (unpaired) electrons. The Hall–Kier alpha value is -4.42. The molecule has 0 unspecified atom stereocenters. The van der Waals surface area contributed by atoms with E-state index in [0.717, 1.165) is 11.9 Å². The molecule has 0 aliphatic carbocycles. The number of hydrogen-bond donors (Lipinski definition) is 1. The number of halogens is 2. The summed E-state index contributed by atoms with van der Waals surface area (Å²) < 4.78 is 67.2. The molecule has 0 fully saturated rings. The molecule has 0 amide bonds. The first kappa shape index (κ1) is 28.1. The number of aliphatic hydroxyl groups is 1. The van der Waals surface area contributed by atoms with Crippen LogP contribution < -0.4 is 4.74 Å². The number of aliphatic hydroxyl groups excluding tert-OH is 1. The Morgan fingerprint density at radius 3 is 2.34 bits per heavy atom. The molecule has 3 aromatic heterocycles. The van der Waals surface area contributed by atoms with E-state index in [9.17, 15) is 17.9 Å². The zero-order valence-corrected chi connectivity index (χ0v) is 23.7. The number of sulfone groups is 1. The van der Waals surface area contributed by atoms with Crippen molar-refractivity contribution in [2.45, 2.75) is 32.3 Å². The molecule has 212 valence electrons. The van der Waals surface area contributed by atoms with E-state index in [2.05, 4.69) is 15.0 Å². The quantitative estimate of drug-likeness (QED) is 0.273. The van der Waals surface area contributed by atoms with Crippen LogP contribution in [-0.2, 0) is 16.4 Å². The van der Waals surface area contributed by atoms with Crippen molar-refractivity contribution in [3.63, 3.8) is 0 Å². The van der Waals surface area contributed by atoms with Crippen LogP contribution in [-0.4, -0.2) is 46.4 Å². The largest absolute Gasteiger partial charge is 0.479 e. The van der Waals surface area contributed by atoms with Gasteiger partial charge in [-0.1, -0.05) is 6.07 Å². The first-order valence-electron chi connectivity index (χ1n) is 12.4. The molecule has 0 atom stereocenters. The molecule has 0 bridgehead atoms. The van der Waals surface area contributed by atoms with E-state index in [1.807, 2.05) is 24.6 Å². The number of imidazole rings is 1. The standard InChI is InChI=1S/C29H26F2N4O5S/c1-15-13-35(16(2)33-15)25-7-6-18(19-9-23(30)22(14-36)26(11-19)41(5,37)38)8-21(25)27-28(40-17(3)34-27)20-10-24(31)29(39-4)32-12-20/h6-13,36H,14H2,1-5H3. The maximum Gasteiger partial charge on any atom is 0.250 e. The van der Waals surface area contributed by atoms with Crippen molar-refractivity contribution in [3.8, 4) is 45.3 Å². The summed E-state index contributed by atoms with van der Waals surface area (Å²) in [6.45, 7) is 4.57. The van der Waals surface area contributed by atoms with Crippen LogP contribution in [0.25, 0.3) is 39.4 Å². The molecule has 3 heterocycles. The van der Waals surface area contributed by atoms with Crippen LogP contribution in [0.1, 0.15) is 23.0 Å². The SMILES string of the molecule is COc1ncc(-c2oc(C)nc2-c2cc(-c3cc(F)c(CO)c(S(C)(=O)=O)c3)ccc2-n2cc(C)nc2C)cc1F. The van der Waals surface area contributed by atoms with Gasteiger partial charge < -0.3 is 18.8 Å². The number of pyridine rings is 1. The van der Waals surface area contributed by atoms with E-state index in [4.69, 9.17) is 9.15 Å². The van der Waals surface area contributed by atoms with Crippen LogP contribution in [0.15, 0.2) is 58.1 Å². The number of oxazole rings is 1. The highest BCUT2D eigenvalue weighted by atomic mass is 32.2. The van der Waals surface area contributed by atoms with Crippen molar-refractivity contribution in [2.24, 2.45) is 0 Å². The van der Waals surface area contributed by atoms with Gasteiger partial charge in [-0.05, 0) is 55.3 Å². The number of hydrogen-bond acceptors (Lipinski definition) is 8. The zero-order chi connectivity index (χ0) is 29.6. The van der Waals surface area contributed by atoms with Gasteiger partial charge in [0, 0.05) is 42.3 Å². The van der Waals surface area contributed by atoms with Gasteiger partial charge in [0.25, 0.3) is 0 Å². The first-order chi connectivity index (χ1) is 19.4. The highest BCUT2D eigenvalue weighted by Gasteiger charge is 2.24. The second-order valence-electron chi connectivity index (χ2n) is 9.52. The van der Waals surface area contributed by atoms with Gasteiger partial charge in [0.05, 0.1) is 30.0 Å². The molecule has 9 nitrogen and oxygen atoms in total. The average Bonchev–Trinajstić information content (AvgIpc) is 3.47. The Balaban J connectivity index is 1.79. The third kappa shape index (κ3) is 5.23. The molecular formula is C29H26F2N4O5S. The lowest BCUT2D eigenvalue weighted by molar-refractivity contribution is 0.272. The molecule has 0 aliphatic rings. The van der Waals surface area contributed by atoms with Crippen LogP contribution in [0.2, 0.25) is 0 Å². The van der Waals surface area contributed by atoms with Crippen molar-refractivity contribution in [1.29, 1.82) is 0 Å². The van der Waals surface area contributed by atoms with Crippen LogP contribution in [0.4, 0.5) is 8.78 Å². The molecule has 41 heavy (non-hydrogen) atoms. The maximum atomic E-state index is 15.0. The van der Waals surface area contributed by atoms with Gasteiger partial charge >= 0.3 is 0 Å². The van der Waals surface area contributed by atoms with Gasteiger partial charge in [0.1, 0.15) is 17.3 Å². The second-order valence-corrected chi connectivity index (χ2v) is 11.5. The van der Waals surface area contributed by atoms with Gasteiger partial charge in [-0.3, -0.25) is 0 Å². The normalized spacial score (nSPS) is 11.7. The number of benzene rings is 2. The summed E-state index contributed by atoms with van der Waals surface area (Å²) in [7, 11) is -2.54. The second kappa shape index (κ2) is 10.5. The average molecular weight is 581 g/mol. The van der Waals surface area contributed by atoms with Crippen molar-refractivity contribution >= 4 is 9.84 Å². The van der Waals surface area contributed by atoms with Crippen LogP contribution >= 0.6 is 0 Å². The fourth-order valence-electron chi connectivity index (χ4n) is 4.74. The Bertz CT molecular complexity index is 1910. The Morgan fingerprint density at radius 1 is 1.00 bits per heavy atom. The Labute approximate surface area is 235 Å². The fourth-order valence-corrected chi connectivity index (χ4v) is 5.70. The van der Waals surface area contributed by atoms with Gasteiger partial charge in [-0.25, -0.2) is 32.2 Å². The number of rotatable bonds is 7. The Morgan fingerprint density at radius 2 is 1.73 bits per heavy atom. The monoisotopic (exact) mass is 580 g/mol. The van der Waals surface area contributed by atoms with E-state index in [1.165, 1.54) is 31.5 Å². The van der Waals surface area contributed by atoms with E-state index >= 15 is 4.39 Å². The number of methoxy groups -OCH3 is 1. The minimum Gasteiger partial charge on any atom is -0.479 e. The molecule has 0 saturated carbocycles. The molecule has 0 saturated heterocycles. The van der Waals surface area contributed by atoms with E-state index < -0.39 is 28.1 Å². The predicted octanol–water partition coefficient (Wildman–Crippen LogP) is 5.36. The zero-order valence-electron chi connectivity index (χ0n) is 22.9.